The van der Waals surface area contributed by atoms with Crippen LogP contribution in [-0.2, 0) is 9.59 Å². The molecule has 1 aromatic carbocycles. The molecule has 0 bridgehead atoms. The molecule has 15 heavy (non-hydrogen) atoms. The van der Waals surface area contributed by atoms with Crippen LogP contribution in [0.5, 0.6) is 11.5 Å². The third kappa shape index (κ3) is 8.29. The van der Waals surface area contributed by atoms with Crippen LogP contribution in [0.2, 0.25) is 0 Å². The smallest absolute Gasteiger partial charge is 0.310 e. The van der Waals surface area contributed by atoms with Crippen LogP contribution < -0.4 is 0 Å². The van der Waals surface area contributed by atoms with E-state index in [4.69, 9.17) is 15.3 Å². The quantitative estimate of drug-likeness (QED) is 0.505. The van der Waals surface area contributed by atoms with Crippen molar-refractivity contribution in [3.05, 3.63) is 24.3 Å². The maximum Gasteiger partial charge on any atom is 0.310 e. The van der Waals surface area contributed by atoms with Crippen LogP contribution >= 0.6 is 0 Å². The van der Waals surface area contributed by atoms with Gasteiger partial charge in [-0.1, -0.05) is 0 Å². The van der Waals surface area contributed by atoms with Gasteiger partial charge in [-0.2, -0.15) is 0 Å². The molecule has 0 spiro atoms. The second kappa shape index (κ2) is 6.42. The van der Waals surface area contributed by atoms with Gasteiger partial charge in [-0.15, -0.1) is 0 Å². The van der Waals surface area contributed by atoms with E-state index < -0.39 is 5.97 Å². The van der Waals surface area contributed by atoms with Gasteiger partial charge in [-0.3, -0.25) is 9.59 Å². The first-order chi connectivity index (χ1) is 6.91. The highest BCUT2D eigenvalue weighted by Crippen LogP contribution is 2.13. The molecule has 0 saturated heterocycles. The molecule has 0 fully saturated rings. The second-order valence-electron chi connectivity index (χ2n) is 2.79. The van der Waals surface area contributed by atoms with Crippen molar-refractivity contribution in [1.82, 2.24) is 0 Å². The minimum absolute atomic E-state index is 0.169. The highest BCUT2D eigenvalue weighted by Gasteiger charge is 1.98. The molecule has 1 rings (SSSR count). The van der Waals surface area contributed by atoms with E-state index >= 15 is 0 Å². The third-order valence-electron chi connectivity index (χ3n) is 1.25. The molecule has 0 aliphatic rings. The van der Waals surface area contributed by atoms with Crippen LogP contribution in [0.25, 0.3) is 0 Å². The molecular formula is C10H12O5. The summed E-state index contributed by atoms with van der Waals surface area (Å²) in [5, 5.41) is 25.2. The third-order valence-corrected chi connectivity index (χ3v) is 1.25. The van der Waals surface area contributed by atoms with Gasteiger partial charge in [0, 0.05) is 0 Å². The molecule has 0 atom stereocenters. The molecule has 5 nitrogen and oxygen atoms in total. The first-order valence-corrected chi connectivity index (χ1v) is 4.11. The van der Waals surface area contributed by atoms with Gasteiger partial charge in [-0.05, 0) is 31.2 Å². The Hall–Kier alpha value is -2.04. The second-order valence-corrected chi connectivity index (χ2v) is 2.79. The summed E-state index contributed by atoms with van der Waals surface area (Å²) in [5.41, 5.74) is 0. The zero-order valence-electron chi connectivity index (χ0n) is 8.17. The van der Waals surface area contributed by atoms with Crippen LogP contribution in [0, 0.1) is 0 Å². The molecular weight excluding hydrogens is 200 g/mol. The van der Waals surface area contributed by atoms with Crippen molar-refractivity contribution in [3.63, 3.8) is 0 Å². The standard InChI is InChI=1S/C6H6O2.C4H6O3/c7-5-1-2-6(8)4-3-5;1-3(5)2-4(6)7/h1-4,7-8H;2H2,1H3,(H,6,7). The molecule has 5 heteroatoms. The van der Waals surface area contributed by atoms with E-state index in [1.54, 1.807) is 0 Å². The Labute approximate surface area is 86.6 Å². The lowest BCUT2D eigenvalue weighted by atomic mass is 10.3. The van der Waals surface area contributed by atoms with E-state index in [-0.39, 0.29) is 23.7 Å². The number of carbonyl (C=O) groups is 2. The summed E-state index contributed by atoms with van der Waals surface area (Å²) in [6.07, 6.45) is -0.361. The van der Waals surface area contributed by atoms with Crippen molar-refractivity contribution < 1.29 is 24.9 Å². The number of carboxylic acid groups (broad SMARTS) is 1. The number of carbonyl (C=O) groups excluding carboxylic acids is 1. The lowest BCUT2D eigenvalue weighted by molar-refractivity contribution is -0.139. The summed E-state index contributed by atoms with van der Waals surface area (Å²) in [5.74, 6) is -1.04. The van der Waals surface area contributed by atoms with Crippen LogP contribution in [0.15, 0.2) is 24.3 Å². The predicted molar refractivity (Wildman–Crippen MR) is 52.7 cm³/mol. The molecule has 1 aromatic rings. The Kier molecular flexibility index (Phi) is 5.55. The number of aliphatic carboxylic acids is 1. The number of phenols is 2. The molecule has 3 N–H and O–H groups in total. The number of aromatic hydroxyl groups is 2. The Balaban J connectivity index is 0.000000265. The summed E-state index contributed by atoms with van der Waals surface area (Å²) in [6, 6.07) is 5.70. The van der Waals surface area contributed by atoms with Crippen molar-refractivity contribution in [1.29, 1.82) is 0 Å². The lowest BCUT2D eigenvalue weighted by Crippen LogP contribution is -2.00. The van der Waals surface area contributed by atoms with Crippen molar-refractivity contribution in [2.24, 2.45) is 0 Å². The van der Waals surface area contributed by atoms with Gasteiger partial charge in [0.15, 0.2) is 0 Å². The molecule has 0 radical (unpaired) electrons. The monoisotopic (exact) mass is 212 g/mol. The van der Waals surface area contributed by atoms with E-state index in [1.807, 2.05) is 0 Å². The molecule has 0 aliphatic carbocycles. The van der Waals surface area contributed by atoms with Gasteiger partial charge in [0.1, 0.15) is 23.7 Å². The molecule has 0 aliphatic heterocycles. The normalized spacial score (nSPS) is 8.60. The van der Waals surface area contributed by atoms with Gasteiger partial charge in [0.05, 0.1) is 0 Å². The van der Waals surface area contributed by atoms with Crippen molar-refractivity contribution in [2.45, 2.75) is 13.3 Å². The number of Topliss-reactive ketones (excluding diaryl/α,β-unsaturated/α-hetero) is 1. The maximum atomic E-state index is 9.87. The highest BCUT2D eigenvalue weighted by molar-refractivity contribution is 5.93. The fourth-order valence-electron chi connectivity index (χ4n) is 0.666. The van der Waals surface area contributed by atoms with Crippen LogP contribution in [-0.4, -0.2) is 27.1 Å². The fourth-order valence-corrected chi connectivity index (χ4v) is 0.666. The summed E-state index contributed by atoms with van der Waals surface area (Å²) in [4.78, 5) is 19.5. The van der Waals surface area contributed by atoms with Crippen molar-refractivity contribution >= 4 is 11.8 Å². The zero-order valence-corrected chi connectivity index (χ0v) is 8.17. The average Bonchev–Trinajstić information content (AvgIpc) is 2.09. The van der Waals surface area contributed by atoms with E-state index in [9.17, 15) is 9.59 Å². The number of rotatable bonds is 2. The number of carboxylic acids is 1. The van der Waals surface area contributed by atoms with Crippen molar-refractivity contribution in [2.75, 3.05) is 0 Å². The van der Waals surface area contributed by atoms with Crippen LogP contribution in [0.1, 0.15) is 13.3 Å². The number of benzene rings is 1. The van der Waals surface area contributed by atoms with E-state index in [1.165, 1.54) is 31.2 Å². The summed E-state index contributed by atoms with van der Waals surface area (Å²) in [6.45, 7) is 1.24. The van der Waals surface area contributed by atoms with Crippen LogP contribution in [0.4, 0.5) is 0 Å². The molecule has 0 heterocycles. The van der Waals surface area contributed by atoms with Gasteiger partial charge >= 0.3 is 5.97 Å². The number of hydrogen-bond donors (Lipinski definition) is 3. The first-order valence-electron chi connectivity index (χ1n) is 4.11. The molecule has 0 saturated carbocycles. The lowest BCUT2D eigenvalue weighted by Gasteiger charge is -1.88. The van der Waals surface area contributed by atoms with Gasteiger partial charge in [-0.25, -0.2) is 0 Å². The first kappa shape index (κ1) is 13.0. The molecule has 0 amide bonds. The Morgan fingerprint density at radius 3 is 1.53 bits per heavy atom. The minimum Gasteiger partial charge on any atom is -0.508 e. The molecule has 0 unspecified atom stereocenters. The van der Waals surface area contributed by atoms with Gasteiger partial charge in [0.25, 0.3) is 0 Å². The maximum absolute atomic E-state index is 9.87. The number of hydrogen-bond acceptors (Lipinski definition) is 4. The predicted octanol–water partition coefficient (Wildman–Crippen LogP) is 1.15. The topological polar surface area (TPSA) is 94.8 Å². The van der Waals surface area contributed by atoms with Crippen LogP contribution in [0.3, 0.4) is 0 Å². The zero-order chi connectivity index (χ0) is 11.8. The largest absolute Gasteiger partial charge is 0.508 e. The Bertz CT molecular complexity index is 295. The Morgan fingerprint density at radius 2 is 1.40 bits per heavy atom. The Morgan fingerprint density at radius 1 is 1.07 bits per heavy atom. The average molecular weight is 212 g/mol. The number of phenolic OH excluding ortho intramolecular Hbond substituents is 2. The van der Waals surface area contributed by atoms with E-state index in [2.05, 4.69) is 0 Å². The number of ketones is 1. The summed E-state index contributed by atoms with van der Waals surface area (Å²) < 4.78 is 0. The summed E-state index contributed by atoms with van der Waals surface area (Å²) in [7, 11) is 0. The molecule has 82 valence electrons. The minimum atomic E-state index is -1.06. The SMILES string of the molecule is CC(=O)CC(=O)O.Oc1ccc(O)cc1. The highest BCUT2D eigenvalue weighted by atomic mass is 16.4. The van der Waals surface area contributed by atoms with E-state index in [0.29, 0.717) is 0 Å². The fraction of sp³-hybridized carbons (Fsp3) is 0.200. The van der Waals surface area contributed by atoms with Crippen molar-refractivity contribution in [3.8, 4) is 11.5 Å². The van der Waals surface area contributed by atoms with Gasteiger partial charge in [0.2, 0.25) is 0 Å². The summed E-state index contributed by atoms with van der Waals surface area (Å²) >= 11 is 0. The van der Waals surface area contributed by atoms with E-state index in [0.717, 1.165) is 0 Å². The van der Waals surface area contributed by atoms with Gasteiger partial charge < -0.3 is 15.3 Å². The molecule has 0 aromatic heterocycles.